The van der Waals surface area contributed by atoms with E-state index in [2.05, 4.69) is 41.8 Å². The van der Waals surface area contributed by atoms with Crippen molar-refractivity contribution in [1.82, 2.24) is 10.6 Å². The minimum Gasteiger partial charge on any atom is -0.352 e. The third-order valence-electron chi connectivity index (χ3n) is 5.34. The van der Waals surface area contributed by atoms with E-state index >= 15 is 0 Å². The van der Waals surface area contributed by atoms with E-state index in [1.807, 2.05) is 6.07 Å². The molecule has 22 heavy (non-hydrogen) atoms. The Morgan fingerprint density at radius 3 is 2.77 bits per heavy atom. The van der Waals surface area contributed by atoms with Crippen molar-refractivity contribution < 1.29 is 4.79 Å². The van der Waals surface area contributed by atoms with Crippen LogP contribution < -0.4 is 10.6 Å². The first-order valence-corrected chi connectivity index (χ1v) is 8.86. The number of carbonyl (C=O) groups is 1. The summed E-state index contributed by atoms with van der Waals surface area (Å²) >= 11 is 0. The Morgan fingerprint density at radius 2 is 2.05 bits per heavy atom. The summed E-state index contributed by atoms with van der Waals surface area (Å²) < 4.78 is 0. The van der Waals surface area contributed by atoms with Crippen LogP contribution in [0.25, 0.3) is 0 Å². The standard InChI is InChI=1S/C19H28N2O/c1-2-16(12-14-8-4-3-5-9-14)20-19(22)18-13-15-10-6-7-11-17(15)21-18/h3-5,8-9,15-18,21H,2,6-7,10-13H2,1H3,(H,20,22). The SMILES string of the molecule is CCC(Cc1ccccc1)NC(=O)C1CC2CCCCC2N1. The van der Waals surface area contributed by atoms with Crippen LogP contribution in [0.1, 0.15) is 51.0 Å². The van der Waals surface area contributed by atoms with Crippen molar-refractivity contribution in [2.24, 2.45) is 5.92 Å². The molecule has 1 aromatic carbocycles. The van der Waals surface area contributed by atoms with E-state index < -0.39 is 0 Å². The molecule has 3 heteroatoms. The summed E-state index contributed by atoms with van der Waals surface area (Å²) in [6.45, 7) is 2.15. The third-order valence-corrected chi connectivity index (χ3v) is 5.34. The molecule has 4 atom stereocenters. The van der Waals surface area contributed by atoms with Crippen molar-refractivity contribution >= 4 is 5.91 Å². The lowest BCUT2D eigenvalue weighted by molar-refractivity contribution is -0.123. The van der Waals surface area contributed by atoms with E-state index in [9.17, 15) is 4.79 Å². The average molecular weight is 300 g/mol. The highest BCUT2D eigenvalue weighted by Gasteiger charge is 2.38. The fourth-order valence-electron chi connectivity index (χ4n) is 4.02. The van der Waals surface area contributed by atoms with Gasteiger partial charge in [-0.05, 0) is 43.6 Å². The molecular weight excluding hydrogens is 272 g/mol. The van der Waals surface area contributed by atoms with Gasteiger partial charge < -0.3 is 10.6 Å². The normalized spacial score (nSPS) is 28.9. The van der Waals surface area contributed by atoms with Crippen LogP contribution in [0.15, 0.2) is 30.3 Å². The number of hydrogen-bond acceptors (Lipinski definition) is 2. The lowest BCUT2D eigenvalue weighted by Crippen LogP contribution is -2.47. The molecule has 4 unspecified atom stereocenters. The van der Waals surface area contributed by atoms with Gasteiger partial charge in [0.2, 0.25) is 5.91 Å². The summed E-state index contributed by atoms with van der Waals surface area (Å²) in [4.78, 5) is 12.6. The molecule has 0 aromatic heterocycles. The molecule has 1 heterocycles. The number of fused-ring (bicyclic) bond motifs is 1. The van der Waals surface area contributed by atoms with Crippen LogP contribution in [-0.4, -0.2) is 24.0 Å². The number of hydrogen-bond donors (Lipinski definition) is 2. The number of rotatable bonds is 5. The topological polar surface area (TPSA) is 41.1 Å². The van der Waals surface area contributed by atoms with Gasteiger partial charge in [-0.3, -0.25) is 4.79 Å². The molecule has 2 N–H and O–H groups in total. The van der Waals surface area contributed by atoms with Gasteiger partial charge in [-0.2, -0.15) is 0 Å². The number of amides is 1. The molecule has 1 aromatic rings. The molecule has 2 fully saturated rings. The minimum absolute atomic E-state index is 0.0259. The molecule has 1 amide bonds. The molecule has 2 aliphatic rings. The Balaban J connectivity index is 1.53. The largest absolute Gasteiger partial charge is 0.352 e. The second kappa shape index (κ2) is 7.28. The monoisotopic (exact) mass is 300 g/mol. The highest BCUT2D eigenvalue weighted by atomic mass is 16.2. The summed E-state index contributed by atoms with van der Waals surface area (Å²) in [6, 6.07) is 11.3. The molecular formula is C19H28N2O. The molecule has 0 radical (unpaired) electrons. The lowest BCUT2D eigenvalue weighted by atomic mass is 9.85. The highest BCUT2D eigenvalue weighted by Crippen LogP contribution is 2.33. The maximum atomic E-state index is 12.6. The van der Waals surface area contributed by atoms with E-state index in [-0.39, 0.29) is 18.0 Å². The van der Waals surface area contributed by atoms with Crippen LogP contribution >= 0.6 is 0 Å². The maximum absolute atomic E-state index is 12.6. The Bertz CT molecular complexity index is 473. The van der Waals surface area contributed by atoms with Crippen molar-refractivity contribution in [3.63, 3.8) is 0 Å². The van der Waals surface area contributed by atoms with E-state index in [0.29, 0.717) is 6.04 Å². The molecule has 120 valence electrons. The van der Waals surface area contributed by atoms with E-state index in [4.69, 9.17) is 0 Å². The summed E-state index contributed by atoms with van der Waals surface area (Å²) in [5, 5.41) is 6.84. The first-order chi connectivity index (χ1) is 10.8. The summed E-state index contributed by atoms with van der Waals surface area (Å²) in [7, 11) is 0. The van der Waals surface area contributed by atoms with Gasteiger partial charge in [-0.1, -0.05) is 50.1 Å². The molecule has 1 saturated carbocycles. The van der Waals surface area contributed by atoms with Gasteiger partial charge in [0.25, 0.3) is 0 Å². The zero-order valence-electron chi connectivity index (χ0n) is 13.6. The van der Waals surface area contributed by atoms with Gasteiger partial charge in [0, 0.05) is 12.1 Å². The lowest BCUT2D eigenvalue weighted by Gasteiger charge is -2.24. The second-order valence-electron chi connectivity index (χ2n) is 6.91. The Morgan fingerprint density at radius 1 is 1.27 bits per heavy atom. The van der Waals surface area contributed by atoms with Gasteiger partial charge in [-0.15, -0.1) is 0 Å². The van der Waals surface area contributed by atoms with E-state index in [0.717, 1.165) is 25.2 Å². The fourth-order valence-corrected chi connectivity index (χ4v) is 4.02. The van der Waals surface area contributed by atoms with Crippen LogP contribution in [0.3, 0.4) is 0 Å². The molecule has 0 spiro atoms. The average Bonchev–Trinajstić information content (AvgIpc) is 2.99. The van der Waals surface area contributed by atoms with Crippen LogP contribution in [-0.2, 0) is 11.2 Å². The zero-order valence-corrected chi connectivity index (χ0v) is 13.6. The van der Waals surface area contributed by atoms with E-state index in [1.165, 1.54) is 31.2 Å². The van der Waals surface area contributed by atoms with Crippen LogP contribution in [0.2, 0.25) is 0 Å². The van der Waals surface area contributed by atoms with Gasteiger partial charge in [0.1, 0.15) is 0 Å². The minimum atomic E-state index is 0.0259. The Hall–Kier alpha value is -1.35. The van der Waals surface area contributed by atoms with Crippen LogP contribution in [0.5, 0.6) is 0 Å². The summed E-state index contributed by atoms with van der Waals surface area (Å²) in [5.74, 6) is 0.927. The van der Waals surface area contributed by atoms with Crippen LogP contribution in [0, 0.1) is 5.92 Å². The van der Waals surface area contributed by atoms with Crippen molar-refractivity contribution in [2.45, 2.75) is 70.0 Å². The second-order valence-corrected chi connectivity index (χ2v) is 6.91. The highest BCUT2D eigenvalue weighted by molar-refractivity contribution is 5.82. The zero-order chi connectivity index (χ0) is 15.4. The van der Waals surface area contributed by atoms with Crippen molar-refractivity contribution in [1.29, 1.82) is 0 Å². The Labute approximate surface area is 133 Å². The van der Waals surface area contributed by atoms with Gasteiger partial charge in [0.15, 0.2) is 0 Å². The van der Waals surface area contributed by atoms with Crippen molar-refractivity contribution in [3.05, 3.63) is 35.9 Å². The number of benzene rings is 1. The van der Waals surface area contributed by atoms with Gasteiger partial charge >= 0.3 is 0 Å². The molecule has 1 aliphatic carbocycles. The van der Waals surface area contributed by atoms with Gasteiger partial charge in [-0.25, -0.2) is 0 Å². The van der Waals surface area contributed by atoms with Crippen LogP contribution in [0.4, 0.5) is 0 Å². The molecule has 0 bridgehead atoms. The van der Waals surface area contributed by atoms with E-state index in [1.54, 1.807) is 0 Å². The fraction of sp³-hybridized carbons (Fsp3) is 0.632. The molecule has 1 saturated heterocycles. The maximum Gasteiger partial charge on any atom is 0.237 e. The van der Waals surface area contributed by atoms with Crippen molar-refractivity contribution in [3.8, 4) is 0 Å². The summed E-state index contributed by atoms with van der Waals surface area (Å²) in [5.41, 5.74) is 1.29. The number of nitrogens with one attached hydrogen (secondary N) is 2. The molecule has 3 rings (SSSR count). The molecule has 3 nitrogen and oxygen atoms in total. The third kappa shape index (κ3) is 3.70. The smallest absolute Gasteiger partial charge is 0.237 e. The summed E-state index contributed by atoms with van der Waals surface area (Å²) in [6.07, 6.45) is 8.11. The quantitative estimate of drug-likeness (QED) is 0.877. The first-order valence-electron chi connectivity index (χ1n) is 8.86. The van der Waals surface area contributed by atoms with Gasteiger partial charge in [0.05, 0.1) is 6.04 Å². The Kier molecular flexibility index (Phi) is 5.14. The first kappa shape index (κ1) is 15.5. The van der Waals surface area contributed by atoms with Crippen molar-refractivity contribution in [2.75, 3.05) is 0 Å². The molecule has 1 aliphatic heterocycles. The number of carbonyl (C=O) groups excluding carboxylic acids is 1. The predicted molar refractivity (Wildman–Crippen MR) is 89.7 cm³/mol. The predicted octanol–water partition coefficient (Wildman–Crippen LogP) is 3.04.